The summed E-state index contributed by atoms with van der Waals surface area (Å²) >= 11 is 0. The van der Waals surface area contributed by atoms with Crippen molar-refractivity contribution >= 4 is 17.7 Å². The summed E-state index contributed by atoms with van der Waals surface area (Å²) < 4.78 is 0. The van der Waals surface area contributed by atoms with Crippen LogP contribution in [0.25, 0.3) is 0 Å². The van der Waals surface area contributed by atoms with Gasteiger partial charge in [-0.25, -0.2) is 9.80 Å². The van der Waals surface area contributed by atoms with Crippen LogP contribution >= 0.6 is 0 Å². The lowest BCUT2D eigenvalue weighted by molar-refractivity contribution is -0.131. The summed E-state index contributed by atoms with van der Waals surface area (Å²) in [4.78, 5) is 25.2. The normalized spacial score (nSPS) is 20.9. The molecule has 6 nitrogen and oxygen atoms in total. The van der Waals surface area contributed by atoms with E-state index in [-0.39, 0.29) is 30.3 Å². The van der Waals surface area contributed by atoms with Crippen LogP contribution in [0.5, 0.6) is 0 Å². The highest BCUT2D eigenvalue weighted by Crippen LogP contribution is 2.30. The Labute approximate surface area is 144 Å². The van der Waals surface area contributed by atoms with Gasteiger partial charge in [0, 0.05) is 6.54 Å². The second-order valence-corrected chi connectivity index (χ2v) is 8.42. The lowest BCUT2D eigenvalue weighted by atomic mass is 9.84. The van der Waals surface area contributed by atoms with Gasteiger partial charge in [0.05, 0.1) is 24.7 Å². The van der Waals surface area contributed by atoms with Crippen LogP contribution in [0.2, 0.25) is 0 Å². The fourth-order valence-electron chi connectivity index (χ4n) is 3.71. The molecule has 1 aliphatic carbocycles. The molecule has 1 fully saturated rings. The highest BCUT2D eigenvalue weighted by Gasteiger charge is 2.34. The molecule has 1 atom stereocenters. The van der Waals surface area contributed by atoms with Gasteiger partial charge in [-0.1, -0.05) is 40.0 Å². The SMILES string of the molecule is CC(C1CCCCC1)N1N=C(CN(CC(C)(C)C)C(=O)O)CC1=O. The van der Waals surface area contributed by atoms with Crippen LogP contribution in [0.3, 0.4) is 0 Å². The van der Waals surface area contributed by atoms with Gasteiger partial charge in [-0.3, -0.25) is 4.79 Å². The summed E-state index contributed by atoms with van der Waals surface area (Å²) in [7, 11) is 0. The number of carbonyl (C=O) groups is 2. The molecule has 0 aromatic rings. The van der Waals surface area contributed by atoms with Gasteiger partial charge < -0.3 is 10.0 Å². The number of hydrazone groups is 1. The molecule has 1 saturated carbocycles. The molecule has 2 rings (SSSR count). The fourth-order valence-corrected chi connectivity index (χ4v) is 3.71. The van der Waals surface area contributed by atoms with Crippen molar-refractivity contribution in [3.8, 4) is 0 Å². The lowest BCUT2D eigenvalue weighted by Crippen LogP contribution is -2.40. The largest absolute Gasteiger partial charge is 0.465 e. The zero-order valence-electron chi connectivity index (χ0n) is 15.4. The third-order valence-electron chi connectivity index (χ3n) is 4.89. The van der Waals surface area contributed by atoms with E-state index in [2.05, 4.69) is 12.0 Å². The number of amides is 2. The predicted octanol–water partition coefficient (Wildman–Crippen LogP) is 3.57. The van der Waals surface area contributed by atoms with Gasteiger partial charge in [0.1, 0.15) is 0 Å². The Hall–Kier alpha value is -1.59. The number of hydrogen-bond donors (Lipinski definition) is 1. The molecule has 2 amide bonds. The third-order valence-corrected chi connectivity index (χ3v) is 4.89. The molecule has 0 aromatic carbocycles. The molecule has 1 aliphatic heterocycles. The van der Waals surface area contributed by atoms with Crippen molar-refractivity contribution in [2.75, 3.05) is 13.1 Å². The van der Waals surface area contributed by atoms with Crippen molar-refractivity contribution in [2.24, 2.45) is 16.4 Å². The van der Waals surface area contributed by atoms with E-state index < -0.39 is 6.09 Å². The van der Waals surface area contributed by atoms with Gasteiger partial charge in [0.15, 0.2) is 0 Å². The highest BCUT2D eigenvalue weighted by molar-refractivity contribution is 6.06. The third kappa shape index (κ3) is 4.95. The van der Waals surface area contributed by atoms with Gasteiger partial charge >= 0.3 is 6.09 Å². The minimum Gasteiger partial charge on any atom is -0.465 e. The van der Waals surface area contributed by atoms with Crippen LogP contribution in [0.4, 0.5) is 4.79 Å². The molecule has 0 radical (unpaired) electrons. The molecule has 2 aliphatic rings. The molecular formula is C18H31N3O3. The maximum atomic E-state index is 12.4. The first-order valence-electron chi connectivity index (χ1n) is 9.03. The minimum atomic E-state index is -0.959. The molecule has 0 saturated heterocycles. The topological polar surface area (TPSA) is 73.2 Å². The Balaban J connectivity index is 2.02. The number of carboxylic acid groups (broad SMARTS) is 1. The Morgan fingerprint density at radius 2 is 1.96 bits per heavy atom. The maximum Gasteiger partial charge on any atom is 0.407 e. The van der Waals surface area contributed by atoms with Gasteiger partial charge in [-0.15, -0.1) is 0 Å². The molecule has 0 aromatic heterocycles. The molecular weight excluding hydrogens is 306 g/mol. The predicted molar refractivity (Wildman–Crippen MR) is 94.0 cm³/mol. The van der Waals surface area contributed by atoms with Crippen LogP contribution in [0.15, 0.2) is 5.10 Å². The van der Waals surface area contributed by atoms with Crippen molar-refractivity contribution < 1.29 is 14.7 Å². The standard InChI is InChI=1S/C18H31N3O3/c1-13(14-8-6-5-7-9-14)21-16(22)10-15(19-21)11-20(17(23)24)12-18(2,3)4/h13-14H,5-12H2,1-4H3,(H,23,24). The van der Waals surface area contributed by atoms with Crippen molar-refractivity contribution in [3.63, 3.8) is 0 Å². The summed E-state index contributed by atoms with van der Waals surface area (Å²) in [6.45, 7) is 8.72. The average molecular weight is 337 g/mol. The van der Waals surface area contributed by atoms with Gasteiger partial charge in [0.2, 0.25) is 5.91 Å². The first kappa shape index (κ1) is 18.7. The molecule has 6 heteroatoms. The first-order chi connectivity index (χ1) is 11.2. The smallest absolute Gasteiger partial charge is 0.407 e. The van der Waals surface area contributed by atoms with E-state index in [1.54, 1.807) is 5.01 Å². The first-order valence-corrected chi connectivity index (χ1v) is 9.03. The minimum absolute atomic E-state index is 0.00386. The summed E-state index contributed by atoms with van der Waals surface area (Å²) in [6, 6.07) is 0.108. The van der Waals surface area contributed by atoms with Crippen molar-refractivity contribution in [3.05, 3.63) is 0 Å². The monoisotopic (exact) mass is 337 g/mol. The maximum absolute atomic E-state index is 12.4. The van der Waals surface area contributed by atoms with Crippen LogP contribution in [-0.4, -0.2) is 51.9 Å². The van der Waals surface area contributed by atoms with E-state index in [9.17, 15) is 14.7 Å². The molecule has 24 heavy (non-hydrogen) atoms. The second-order valence-electron chi connectivity index (χ2n) is 8.42. The molecule has 1 unspecified atom stereocenters. The van der Waals surface area contributed by atoms with Gasteiger partial charge in [-0.2, -0.15) is 5.10 Å². The van der Waals surface area contributed by atoms with Crippen molar-refractivity contribution in [2.45, 2.75) is 72.3 Å². The second kappa shape index (κ2) is 7.53. The zero-order valence-corrected chi connectivity index (χ0v) is 15.4. The van der Waals surface area contributed by atoms with E-state index in [1.807, 2.05) is 20.8 Å². The zero-order chi connectivity index (χ0) is 17.9. The van der Waals surface area contributed by atoms with E-state index in [0.29, 0.717) is 18.2 Å². The number of carbonyl (C=O) groups excluding carboxylic acids is 1. The Morgan fingerprint density at radius 1 is 1.33 bits per heavy atom. The van der Waals surface area contributed by atoms with Crippen LogP contribution in [0, 0.1) is 11.3 Å². The quantitative estimate of drug-likeness (QED) is 0.833. The Bertz CT molecular complexity index is 504. The number of hydrogen-bond acceptors (Lipinski definition) is 3. The van der Waals surface area contributed by atoms with E-state index in [4.69, 9.17) is 0 Å². The molecule has 0 spiro atoms. The van der Waals surface area contributed by atoms with Crippen LogP contribution < -0.4 is 0 Å². The fraction of sp³-hybridized carbons (Fsp3) is 0.833. The highest BCUT2D eigenvalue weighted by atomic mass is 16.4. The van der Waals surface area contributed by atoms with Crippen molar-refractivity contribution in [1.29, 1.82) is 0 Å². The summed E-state index contributed by atoms with van der Waals surface area (Å²) in [5.74, 6) is 0.514. The van der Waals surface area contributed by atoms with Crippen LogP contribution in [-0.2, 0) is 4.79 Å². The number of rotatable bonds is 5. The summed E-state index contributed by atoms with van der Waals surface area (Å²) in [5, 5.41) is 15.5. The molecule has 1 heterocycles. The van der Waals surface area contributed by atoms with Crippen LogP contribution in [0.1, 0.15) is 66.2 Å². The molecule has 1 N–H and O–H groups in total. The van der Waals surface area contributed by atoms with E-state index >= 15 is 0 Å². The summed E-state index contributed by atoms with van der Waals surface area (Å²) in [5.41, 5.74) is 0.533. The lowest BCUT2D eigenvalue weighted by Gasteiger charge is -2.31. The average Bonchev–Trinajstić information content (AvgIpc) is 2.86. The van der Waals surface area contributed by atoms with E-state index in [1.165, 1.54) is 24.2 Å². The number of nitrogens with zero attached hydrogens (tertiary/aromatic N) is 3. The van der Waals surface area contributed by atoms with E-state index in [0.717, 1.165) is 12.8 Å². The van der Waals surface area contributed by atoms with Gasteiger partial charge in [0.25, 0.3) is 0 Å². The summed E-state index contributed by atoms with van der Waals surface area (Å²) in [6.07, 6.45) is 5.33. The molecule has 0 bridgehead atoms. The Morgan fingerprint density at radius 3 is 2.50 bits per heavy atom. The Kier molecular flexibility index (Phi) is 5.88. The van der Waals surface area contributed by atoms with Gasteiger partial charge in [-0.05, 0) is 31.1 Å². The molecule has 136 valence electrons. The van der Waals surface area contributed by atoms with Crippen molar-refractivity contribution in [1.82, 2.24) is 9.91 Å².